The molecular formula is C23H27N3O3. The first-order chi connectivity index (χ1) is 13.8. The van der Waals surface area contributed by atoms with E-state index in [1.165, 1.54) is 4.90 Å². The molecule has 29 heavy (non-hydrogen) atoms. The maximum absolute atomic E-state index is 12.8. The summed E-state index contributed by atoms with van der Waals surface area (Å²) in [5.41, 5.74) is 2.54. The number of benzene rings is 2. The normalized spacial score (nSPS) is 12.2. The highest BCUT2D eigenvalue weighted by molar-refractivity contribution is 5.81. The lowest BCUT2D eigenvalue weighted by molar-refractivity contribution is -0.137. The van der Waals surface area contributed by atoms with E-state index in [1.54, 1.807) is 32.2 Å². The van der Waals surface area contributed by atoms with Gasteiger partial charge in [0.05, 0.1) is 17.4 Å². The molecule has 3 aromatic rings. The number of aromatic amines is 1. The third-order valence-corrected chi connectivity index (χ3v) is 4.96. The molecule has 0 spiro atoms. The molecule has 0 bridgehead atoms. The molecule has 152 valence electrons. The summed E-state index contributed by atoms with van der Waals surface area (Å²) in [5, 5.41) is 0.530. The van der Waals surface area contributed by atoms with Gasteiger partial charge in [0.2, 0.25) is 0 Å². The molecule has 1 aromatic heterocycles. The van der Waals surface area contributed by atoms with E-state index in [0.717, 1.165) is 11.1 Å². The lowest BCUT2D eigenvalue weighted by atomic mass is 10.0. The Balaban J connectivity index is 1.73. The number of para-hydroxylation sites is 1. The molecule has 6 nitrogen and oxygen atoms in total. The molecule has 1 heterocycles. The summed E-state index contributed by atoms with van der Waals surface area (Å²) < 4.78 is 5.97. The van der Waals surface area contributed by atoms with E-state index in [2.05, 4.69) is 29.9 Å². The zero-order valence-electron chi connectivity index (χ0n) is 17.5. The molecule has 0 aliphatic rings. The average molecular weight is 393 g/mol. The number of nitrogens with one attached hydrogen (secondary N) is 1. The number of nitrogens with zero attached hydrogens (tertiary/aromatic N) is 2. The standard InChI is InChI=1S/C23H27N3O3/c1-14(2)17-11-10-15(3)20(12-17)29-16(4)23(28)26(5)13-21-24-19-9-7-6-8-18(19)22(27)25-21/h6-12,14,16H,13H2,1-5H3,(H,24,25,27). The summed E-state index contributed by atoms with van der Waals surface area (Å²) in [5.74, 6) is 1.34. The van der Waals surface area contributed by atoms with Crippen LogP contribution in [0.4, 0.5) is 0 Å². The van der Waals surface area contributed by atoms with Crippen LogP contribution in [-0.2, 0) is 11.3 Å². The highest BCUT2D eigenvalue weighted by atomic mass is 16.5. The number of aromatic nitrogens is 2. The average Bonchev–Trinajstić information content (AvgIpc) is 2.68. The first kappa shape index (κ1) is 20.6. The third-order valence-electron chi connectivity index (χ3n) is 4.96. The Labute approximate surface area is 170 Å². The smallest absolute Gasteiger partial charge is 0.263 e. The monoisotopic (exact) mass is 393 g/mol. The number of carbonyl (C=O) groups excluding carboxylic acids is 1. The largest absolute Gasteiger partial charge is 0.481 e. The molecule has 6 heteroatoms. The number of rotatable bonds is 6. The van der Waals surface area contributed by atoms with Gasteiger partial charge in [-0.15, -0.1) is 0 Å². The zero-order chi connectivity index (χ0) is 21.1. The Kier molecular flexibility index (Phi) is 6.01. The second kappa shape index (κ2) is 8.47. The molecule has 3 rings (SSSR count). The van der Waals surface area contributed by atoms with E-state index in [0.29, 0.717) is 28.4 Å². The maximum Gasteiger partial charge on any atom is 0.263 e. The van der Waals surface area contributed by atoms with E-state index >= 15 is 0 Å². The van der Waals surface area contributed by atoms with Crippen LogP contribution in [-0.4, -0.2) is 33.9 Å². The molecule has 0 aliphatic carbocycles. The van der Waals surface area contributed by atoms with Crippen LogP contribution in [0.1, 0.15) is 43.6 Å². The molecular weight excluding hydrogens is 366 g/mol. The van der Waals surface area contributed by atoms with E-state index < -0.39 is 6.10 Å². The van der Waals surface area contributed by atoms with Crippen molar-refractivity contribution >= 4 is 16.8 Å². The van der Waals surface area contributed by atoms with Gasteiger partial charge in [-0.3, -0.25) is 9.59 Å². The van der Waals surface area contributed by atoms with Crippen LogP contribution in [0.2, 0.25) is 0 Å². The van der Waals surface area contributed by atoms with Crippen molar-refractivity contribution in [2.24, 2.45) is 0 Å². The third kappa shape index (κ3) is 4.65. The number of amides is 1. The molecule has 0 saturated carbocycles. The molecule has 0 saturated heterocycles. The first-order valence-electron chi connectivity index (χ1n) is 9.76. The Morgan fingerprint density at radius 3 is 2.62 bits per heavy atom. The highest BCUT2D eigenvalue weighted by Crippen LogP contribution is 2.25. The van der Waals surface area contributed by atoms with Crippen LogP contribution in [0, 0.1) is 6.92 Å². The second-order valence-corrected chi connectivity index (χ2v) is 7.66. The topological polar surface area (TPSA) is 75.3 Å². The Bertz CT molecular complexity index is 1090. The minimum absolute atomic E-state index is 0.185. The van der Waals surface area contributed by atoms with Gasteiger partial charge in [0, 0.05) is 7.05 Å². The van der Waals surface area contributed by atoms with Gasteiger partial charge in [0.15, 0.2) is 6.10 Å². The molecule has 0 aliphatic heterocycles. The van der Waals surface area contributed by atoms with E-state index in [1.807, 2.05) is 25.1 Å². The molecule has 1 amide bonds. The van der Waals surface area contributed by atoms with Gasteiger partial charge in [-0.05, 0) is 49.1 Å². The molecule has 1 N–H and O–H groups in total. The molecule has 1 unspecified atom stereocenters. The molecule has 0 radical (unpaired) electrons. The van der Waals surface area contributed by atoms with Gasteiger partial charge in [-0.2, -0.15) is 0 Å². The Morgan fingerprint density at radius 2 is 1.90 bits per heavy atom. The fraction of sp³-hybridized carbons (Fsp3) is 0.348. The Hall–Kier alpha value is -3.15. The Morgan fingerprint density at radius 1 is 1.17 bits per heavy atom. The van der Waals surface area contributed by atoms with Crippen molar-refractivity contribution in [2.45, 2.75) is 46.3 Å². The SMILES string of the molecule is Cc1ccc(C(C)C)cc1OC(C)C(=O)N(C)Cc1nc2ccccc2c(=O)[nH]1. The number of fused-ring (bicyclic) bond motifs is 1. The lowest BCUT2D eigenvalue weighted by Crippen LogP contribution is -2.38. The summed E-state index contributed by atoms with van der Waals surface area (Å²) >= 11 is 0. The van der Waals surface area contributed by atoms with Gasteiger partial charge < -0.3 is 14.6 Å². The quantitative estimate of drug-likeness (QED) is 0.692. The minimum atomic E-state index is -0.659. The van der Waals surface area contributed by atoms with Gasteiger partial charge in [0.25, 0.3) is 11.5 Å². The van der Waals surface area contributed by atoms with Crippen LogP contribution in [0.5, 0.6) is 5.75 Å². The number of hydrogen-bond acceptors (Lipinski definition) is 4. The van der Waals surface area contributed by atoms with Crippen molar-refractivity contribution in [2.75, 3.05) is 7.05 Å². The number of hydrogen-bond donors (Lipinski definition) is 1. The number of ether oxygens (including phenoxy) is 1. The van der Waals surface area contributed by atoms with Crippen LogP contribution < -0.4 is 10.3 Å². The zero-order valence-corrected chi connectivity index (χ0v) is 17.5. The van der Waals surface area contributed by atoms with E-state index in [-0.39, 0.29) is 18.0 Å². The van der Waals surface area contributed by atoms with Crippen molar-refractivity contribution < 1.29 is 9.53 Å². The summed E-state index contributed by atoms with van der Waals surface area (Å²) in [7, 11) is 1.68. The van der Waals surface area contributed by atoms with E-state index in [4.69, 9.17) is 4.74 Å². The van der Waals surface area contributed by atoms with Crippen LogP contribution in [0.15, 0.2) is 47.3 Å². The molecule has 1 atom stereocenters. The van der Waals surface area contributed by atoms with E-state index in [9.17, 15) is 9.59 Å². The molecule has 0 fully saturated rings. The van der Waals surface area contributed by atoms with Gasteiger partial charge >= 0.3 is 0 Å². The summed E-state index contributed by atoms with van der Waals surface area (Å²) in [4.78, 5) is 33.8. The van der Waals surface area contributed by atoms with Crippen LogP contribution in [0.3, 0.4) is 0 Å². The maximum atomic E-state index is 12.8. The second-order valence-electron chi connectivity index (χ2n) is 7.66. The van der Waals surface area contributed by atoms with Crippen LogP contribution >= 0.6 is 0 Å². The summed E-state index contributed by atoms with van der Waals surface area (Å²) in [6, 6.07) is 13.2. The van der Waals surface area contributed by atoms with Crippen molar-refractivity contribution in [1.29, 1.82) is 0 Å². The number of carbonyl (C=O) groups is 1. The van der Waals surface area contributed by atoms with Crippen molar-refractivity contribution in [3.63, 3.8) is 0 Å². The number of H-pyrrole nitrogens is 1. The van der Waals surface area contributed by atoms with Gasteiger partial charge in [-0.25, -0.2) is 4.98 Å². The van der Waals surface area contributed by atoms with Crippen molar-refractivity contribution in [3.05, 3.63) is 69.8 Å². The molecule has 2 aromatic carbocycles. The predicted molar refractivity (Wildman–Crippen MR) is 114 cm³/mol. The first-order valence-corrected chi connectivity index (χ1v) is 9.76. The fourth-order valence-electron chi connectivity index (χ4n) is 3.17. The fourth-order valence-corrected chi connectivity index (χ4v) is 3.17. The van der Waals surface area contributed by atoms with Gasteiger partial charge in [-0.1, -0.05) is 38.1 Å². The van der Waals surface area contributed by atoms with Crippen molar-refractivity contribution in [1.82, 2.24) is 14.9 Å². The van der Waals surface area contributed by atoms with Crippen LogP contribution in [0.25, 0.3) is 10.9 Å². The minimum Gasteiger partial charge on any atom is -0.481 e. The number of likely N-dealkylation sites (N-methyl/N-ethyl adjacent to an activating group) is 1. The lowest BCUT2D eigenvalue weighted by Gasteiger charge is -2.23. The van der Waals surface area contributed by atoms with Crippen molar-refractivity contribution in [3.8, 4) is 5.75 Å². The van der Waals surface area contributed by atoms with Gasteiger partial charge in [0.1, 0.15) is 11.6 Å². The highest BCUT2D eigenvalue weighted by Gasteiger charge is 2.21. The summed E-state index contributed by atoms with van der Waals surface area (Å²) in [6.45, 7) is 8.13. The summed E-state index contributed by atoms with van der Waals surface area (Å²) in [6.07, 6.45) is -0.659. The number of aryl methyl sites for hydroxylation is 1. The predicted octanol–water partition coefficient (Wildman–Crippen LogP) is 3.78.